The first-order valence-electron chi connectivity index (χ1n) is 9.76. The van der Waals surface area contributed by atoms with Crippen molar-refractivity contribution >= 4 is 16.0 Å². The molecule has 0 spiro atoms. The van der Waals surface area contributed by atoms with Crippen LogP contribution in [0.25, 0.3) is 0 Å². The van der Waals surface area contributed by atoms with Gasteiger partial charge in [-0.3, -0.25) is 0 Å². The van der Waals surface area contributed by atoms with Crippen molar-refractivity contribution in [3.63, 3.8) is 0 Å². The summed E-state index contributed by atoms with van der Waals surface area (Å²) in [4.78, 5) is 11.0. The number of ether oxygens (including phenoxy) is 2. The third-order valence-corrected chi connectivity index (χ3v) is 7.12. The Morgan fingerprint density at radius 2 is 1.90 bits per heavy atom. The number of aromatic carboxylic acids is 1. The molecule has 30 heavy (non-hydrogen) atoms. The van der Waals surface area contributed by atoms with Gasteiger partial charge in [-0.1, -0.05) is 12.1 Å². The van der Waals surface area contributed by atoms with Crippen molar-refractivity contribution in [2.45, 2.75) is 45.4 Å². The molecule has 0 bridgehead atoms. The zero-order valence-electron chi connectivity index (χ0n) is 17.6. The quantitative estimate of drug-likeness (QED) is 0.713. The second kappa shape index (κ2) is 8.28. The Labute approximate surface area is 177 Å². The Balaban J connectivity index is 1.84. The summed E-state index contributed by atoms with van der Waals surface area (Å²) in [5.74, 6) is 0.288. The summed E-state index contributed by atoms with van der Waals surface area (Å²) in [7, 11) is -1.78. The molecular formula is C22H27NO6S. The largest absolute Gasteiger partial charge is 0.489 e. The van der Waals surface area contributed by atoms with Gasteiger partial charge in [0.25, 0.3) is 0 Å². The van der Waals surface area contributed by atoms with E-state index in [-0.39, 0.29) is 24.0 Å². The van der Waals surface area contributed by atoms with Gasteiger partial charge in [0.15, 0.2) is 0 Å². The van der Waals surface area contributed by atoms with Gasteiger partial charge in [-0.15, -0.1) is 0 Å². The number of carboxylic acids is 1. The summed E-state index contributed by atoms with van der Waals surface area (Å²) in [6, 6.07) is 11.5. The summed E-state index contributed by atoms with van der Waals surface area (Å²) in [5.41, 5.74) is 1.32. The van der Waals surface area contributed by atoms with Crippen molar-refractivity contribution in [3.8, 4) is 11.5 Å². The van der Waals surface area contributed by atoms with E-state index < -0.39 is 21.6 Å². The topological polar surface area (TPSA) is 93.1 Å². The van der Waals surface area contributed by atoms with E-state index in [0.717, 1.165) is 11.1 Å². The number of hydrogen-bond donors (Lipinski definition) is 1. The number of fused-ring (bicyclic) bond motifs is 1. The van der Waals surface area contributed by atoms with Crippen molar-refractivity contribution in [2.24, 2.45) is 0 Å². The smallest absolute Gasteiger partial charge is 0.335 e. The first-order chi connectivity index (χ1) is 14.0. The average Bonchev–Trinajstić information content (AvgIpc) is 2.70. The Bertz CT molecular complexity index is 1030. The minimum atomic E-state index is -3.38. The second-order valence-electron chi connectivity index (χ2n) is 7.99. The lowest BCUT2D eigenvalue weighted by molar-refractivity contribution is 0.0538. The molecule has 0 aliphatic carbocycles. The van der Waals surface area contributed by atoms with Gasteiger partial charge in [-0.05, 0) is 56.7 Å². The lowest BCUT2D eigenvalue weighted by Gasteiger charge is -2.40. The summed E-state index contributed by atoms with van der Waals surface area (Å²) < 4.78 is 38.4. The molecule has 1 aliphatic heterocycles. The normalized spacial score (nSPS) is 17.8. The average molecular weight is 434 g/mol. The van der Waals surface area contributed by atoms with Gasteiger partial charge in [-0.25, -0.2) is 13.2 Å². The van der Waals surface area contributed by atoms with Crippen LogP contribution in [0, 0.1) is 0 Å². The molecule has 7 nitrogen and oxygen atoms in total. The number of nitrogens with zero attached hydrogens (tertiary/aromatic N) is 1. The van der Waals surface area contributed by atoms with Crippen molar-refractivity contribution in [1.29, 1.82) is 0 Å². The van der Waals surface area contributed by atoms with Gasteiger partial charge in [0.2, 0.25) is 10.0 Å². The minimum absolute atomic E-state index is 0.0269. The molecule has 1 heterocycles. The molecule has 0 radical (unpaired) electrons. The Morgan fingerprint density at radius 1 is 1.23 bits per heavy atom. The highest BCUT2D eigenvalue weighted by Gasteiger charge is 2.39. The molecule has 2 aromatic carbocycles. The molecule has 0 amide bonds. The fraction of sp³-hybridized carbons (Fsp3) is 0.409. The van der Waals surface area contributed by atoms with E-state index in [1.54, 1.807) is 38.2 Å². The fourth-order valence-corrected chi connectivity index (χ4v) is 4.50. The van der Waals surface area contributed by atoms with Crippen molar-refractivity contribution in [2.75, 3.05) is 12.8 Å². The number of rotatable bonds is 7. The number of benzene rings is 2. The molecular weight excluding hydrogens is 406 g/mol. The molecule has 0 fully saturated rings. The van der Waals surface area contributed by atoms with E-state index in [4.69, 9.17) is 14.6 Å². The van der Waals surface area contributed by atoms with Gasteiger partial charge in [-0.2, -0.15) is 4.31 Å². The highest BCUT2D eigenvalue weighted by atomic mass is 32.2. The van der Waals surface area contributed by atoms with Crippen molar-refractivity contribution in [1.82, 2.24) is 4.31 Å². The summed E-state index contributed by atoms with van der Waals surface area (Å²) in [6.07, 6.45) is 0.524. The van der Waals surface area contributed by atoms with Gasteiger partial charge in [0.05, 0.1) is 17.4 Å². The van der Waals surface area contributed by atoms with Gasteiger partial charge in [0.1, 0.15) is 23.7 Å². The van der Waals surface area contributed by atoms with Crippen molar-refractivity contribution < 1.29 is 27.8 Å². The van der Waals surface area contributed by atoms with Crippen LogP contribution in [0.4, 0.5) is 0 Å². The maximum absolute atomic E-state index is 12.5. The molecule has 8 heteroatoms. The zero-order valence-corrected chi connectivity index (χ0v) is 18.4. The molecule has 2 aromatic rings. The van der Waals surface area contributed by atoms with Crippen LogP contribution in [0.2, 0.25) is 0 Å². The number of sulfonamides is 1. The monoisotopic (exact) mass is 433 g/mol. The van der Waals surface area contributed by atoms with Crippen molar-refractivity contribution in [3.05, 3.63) is 59.2 Å². The maximum atomic E-state index is 12.5. The lowest BCUT2D eigenvalue weighted by atomic mass is 9.89. The maximum Gasteiger partial charge on any atom is 0.335 e. The summed E-state index contributed by atoms with van der Waals surface area (Å²) in [5, 5.41) is 8.99. The SMILES string of the molecule is CCS(=O)(=O)N(C)C1CC(C)(C)Oc2ccc(OCc3ccc(C(=O)O)cc3)cc21. The van der Waals surface area contributed by atoms with Crippen LogP contribution in [0.15, 0.2) is 42.5 Å². The van der Waals surface area contributed by atoms with Crippen LogP contribution in [0.1, 0.15) is 54.7 Å². The van der Waals surface area contributed by atoms with Gasteiger partial charge >= 0.3 is 5.97 Å². The molecule has 1 atom stereocenters. The standard InChI is InChI=1S/C22H27NO6S/c1-5-30(26,27)23(4)19-13-22(2,3)29-20-11-10-17(12-18(19)20)28-14-15-6-8-16(9-7-15)21(24)25/h6-12,19H,5,13-14H2,1-4H3,(H,24,25). The molecule has 0 aromatic heterocycles. The molecule has 0 saturated heterocycles. The Kier molecular flexibility index (Phi) is 6.10. The third-order valence-electron chi connectivity index (χ3n) is 5.26. The molecule has 0 saturated carbocycles. The zero-order chi connectivity index (χ0) is 22.1. The number of hydrogen-bond acceptors (Lipinski definition) is 5. The first kappa shape index (κ1) is 22.1. The Morgan fingerprint density at radius 3 is 2.50 bits per heavy atom. The fourth-order valence-electron chi connectivity index (χ4n) is 3.52. The van der Waals surface area contributed by atoms with Crippen LogP contribution < -0.4 is 9.47 Å². The van der Waals surface area contributed by atoms with E-state index in [1.165, 1.54) is 16.4 Å². The third kappa shape index (κ3) is 4.76. The molecule has 1 N–H and O–H groups in total. The molecule has 1 unspecified atom stereocenters. The van der Waals surface area contributed by atoms with Crippen LogP contribution >= 0.6 is 0 Å². The summed E-state index contributed by atoms with van der Waals surface area (Å²) >= 11 is 0. The second-order valence-corrected chi connectivity index (χ2v) is 10.3. The first-order valence-corrected chi connectivity index (χ1v) is 11.4. The Hall–Kier alpha value is -2.58. The van der Waals surface area contributed by atoms with Gasteiger partial charge < -0.3 is 14.6 Å². The predicted octanol–water partition coefficient (Wildman–Crippen LogP) is 3.85. The van der Waals surface area contributed by atoms with Crippen LogP contribution in [-0.2, 0) is 16.6 Å². The lowest BCUT2D eigenvalue weighted by Crippen LogP contribution is -2.42. The molecule has 3 rings (SSSR count). The highest BCUT2D eigenvalue weighted by molar-refractivity contribution is 7.89. The van der Waals surface area contributed by atoms with E-state index >= 15 is 0 Å². The molecule has 162 valence electrons. The van der Waals surface area contributed by atoms with E-state index in [2.05, 4.69) is 0 Å². The highest BCUT2D eigenvalue weighted by Crippen LogP contribution is 2.44. The minimum Gasteiger partial charge on any atom is -0.489 e. The van der Waals surface area contributed by atoms with Crippen LogP contribution in [-0.4, -0.2) is 42.2 Å². The van der Waals surface area contributed by atoms with Crippen LogP contribution in [0.3, 0.4) is 0 Å². The molecule has 1 aliphatic rings. The summed E-state index contributed by atoms with van der Waals surface area (Å²) in [6.45, 7) is 5.78. The van der Waals surface area contributed by atoms with E-state index in [1.807, 2.05) is 19.9 Å². The van der Waals surface area contributed by atoms with E-state index in [9.17, 15) is 13.2 Å². The van der Waals surface area contributed by atoms with Crippen LogP contribution in [0.5, 0.6) is 11.5 Å². The predicted molar refractivity (Wildman–Crippen MR) is 113 cm³/mol. The number of carbonyl (C=O) groups is 1. The number of carboxylic acid groups (broad SMARTS) is 1. The van der Waals surface area contributed by atoms with E-state index in [0.29, 0.717) is 17.9 Å². The van der Waals surface area contributed by atoms with Gasteiger partial charge in [0, 0.05) is 19.0 Å².